The van der Waals surface area contributed by atoms with Crippen LogP contribution in [0, 0.1) is 0 Å². The Bertz CT molecular complexity index is 156. The minimum atomic E-state index is -4.25. The standard InChI is InChI=1S/C6H8F3NO/c7-6(8,9)5-2-1-3-10(5)4-11/h4-5H,1-3H2/t5-/m0/s1. The molecule has 0 aromatic rings. The Balaban J connectivity index is 2.63. The first kappa shape index (κ1) is 8.36. The van der Waals surface area contributed by atoms with Gasteiger partial charge in [0, 0.05) is 6.54 Å². The smallest absolute Gasteiger partial charge is 0.333 e. The molecule has 0 bridgehead atoms. The van der Waals surface area contributed by atoms with Crippen LogP contribution in [0.1, 0.15) is 12.8 Å². The molecule has 0 spiro atoms. The molecule has 64 valence electrons. The number of hydrogen-bond donors (Lipinski definition) is 0. The lowest BCUT2D eigenvalue weighted by molar-refractivity contribution is -0.177. The van der Waals surface area contributed by atoms with Gasteiger partial charge in [-0.15, -0.1) is 0 Å². The van der Waals surface area contributed by atoms with Crippen LogP contribution in [0.4, 0.5) is 13.2 Å². The maximum Gasteiger partial charge on any atom is 0.408 e. The molecule has 1 fully saturated rings. The lowest BCUT2D eigenvalue weighted by atomic mass is 10.2. The predicted molar refractivity (Wildman–Crippen MR) is 31.8 cm³/mol. The number of halogens is 3. The van der Waals surface area contributed by atoms with Crippen molar-refractivity contribution >= 4 is 6.41 Å². The lowest BCUT2D eigenvalue weighted by Crippen LogP contribution is -2.40. The fourth-order valence-electron chi connectivity index (χ4n) is 1.27. The van der Waals surface area contributed by atoms with Gasteiger partial charge in [0.2, 0.25) is 6.41 Å². The number of rotatable bonds is 1. The molecule has 1 saturated heterocycles. The van der Waals surface area contributed by atoms with Gasteiger partial charge in [0.25, 0.3) is 0 Å². The summed E-state index contributed by atoms with van der Waals surface area (Å²) < 4.78 is 36.0. The highest BCUT2D eigenvalue weighted by Gasteiger charge is 2.45. The summed E-state index contributed by atoms with van der Waals surface area (Å²) in [4.78, 5) is 10.9. The average molecular weight is 167 g/mol. The van der Waals surface area contributed by atoms with Crippen LogP contribution in [-0.2, 0) is 4.79 Å². The Kier molecular flexibility index (Phi) is 2.06. The van der Waals surface area contributed by atoms with Gasteiger partial charge in [0.05, 0.1) is 0 Å². The molecule has 0 aromatic carbocycles. The van der Waals surface area contributed by atoms with E-state index >= 15 is 0 Å². The molecule has 1 aliphatic rings. The number of carbonyl (C=O) groups is 1. The molecule has 1 aliphatic heterocycles. The molecule has 1 heterocycles. The normalized spacial score (nSPS) is 25.7. The fourth-order valence-corrected chi connectivity index (χ4v) is 1.27. The van der Waals surface area contributed by atoms with Crippen LogP contribution in [0.2, 0.25) is 0 Å². The molecular weight excluding hydrogens is 159 g/mol. The largest absolute Gasteiger partial charge is 0.408 e. The van der Waals surface area contributed by atoms with Crippen molar-refractivity contribution < 1.29 is 18.0 Å². The van der Waals surface area contributed by atoms with Crippen LogP contribution in [0.3, 0.4) is 0 Å². The van der Waals surface area contributed by atoms with E-state index < -0.39 is 12.2 Å². The van der Waals surface area contributed by atoms with Gasteiger partial charge in [-0.2, -0.15) is 13.2 Å². The summed E-state index contributed by atoms with van der Waals surface area (Å²) in [6.07, 6.45) is -3.49. The Hall–Kier alpha value is -0.740. The van der Waals surface area contributed by atoms with Crippen LogP contribution < -0.4 is 0 Å². The van der Waals surface area contributed by atoms with Crippen LogP contribution >= 0.6 is 0 Å². The minimum Gasteiger partial charge on any atom is -0.333 e. The zero-order valence-corrected chi connectivity index (χ0v) is 5.77. The third-order valence-corrected chi connectivity index (χ3v) is 1.81. The van der Waals surface area contributed by atoms with E-state index in [1.54, 1.807) is 0 Å². The molecule has 0 radical (unpaired) electrons. The monoisotopic (exact) mass is 167 g/mol. The van der Waals surface area contributed by atoms with Gasteiger partial charge >= 0.3 is 6.18 Å². The molecule has 5 heteroatoms. The second kappa shape index (κ2) is 2.71. The third-order valence-electron chi connectivity index (χ3n) is 1.81. The van der Waals surface area contributed by atoms with Crippen molar-refractivity contribution in [2.75, 3.05) is 6.54 Å². The molecular formula is C6H8F3NO. The number of nitrogens with zero attached hydrogens (tertiary/aromatic N) is 1. The van der Waals surface area contributed by atoms with Crippen LogP contribution in [0.25, 0.3) is 0 Å². The second-order valence-electron chi connectivity index (χ2n) is 2.54. The molecule has 1 rings (SSSR count). The van der Waals surface area contributed by atoms with Gasteiger partial charge < -0.3 is 4.90 Å². The number of alkyl halides is 3. The summed E-state index contributed by atoms with van der Waals surface area (Å²) in [5.74, 6) is 0. The maximum atomic E-state index is 12.0. The van der Waals surface area contributed by atoms with Crippen molar-refractivity contribution in [3.8, 4) is 0 Å². The highest BCUT2D eigenvalue weighted by molar-refractivity contribution is 5.48. The van der Waals surface area contributed by atoms with E-state index in [1.807, 2.05) is 0 Å². The molecule has 0 saturated carbocycles. The summed E-state index contributed by atoms with van der Waals surface area (Å²) in [7, 11) is 0. The molecule has 1 amide bonds. The van der Waals surface area contributed by atoms with Crippen LogP contribution in [0.15, 0.2) is 0 Å². The van der Waals surface area contributed by atoms with E-state index in [0.29, 0.717) is 6.42 Å². The van der Waals surface area contributed by atoms with Crippen LogP contribution in [-0.4, -0.2) is 30.1 Å². The van der Waals surface area contributed by atoms with Crippen molar-refractivity contribution in [2.24, 2.45) is 0 Å². The first-order valence-electron chi connectivity index (χ1n) is 3.33. The first-order valence-corrected chi connectivity index (χ1v) is 3.33. The van der Waals surface area contributed by atoms with E-state index in [-0.39, 0.29) is 19.4 Å². The van der Waals surface area contributed by atoms with E-state index in [1.165, 1.54) is 0 Å². The van der Waals surface area contributed by atoms with E-state index in [2.05, 4.69) is 0 Å². The summed E-state index contributed by atoms with van der Waals surface area (Å²) in [6, 6.07) is -1.54. The SMILES string of the molecule is O=CN1CCC[C@H]1C(F)(F)F. The summed E-state index contributed by atoms with van der Waals surface area (Å²) in [5.41, 5.74) is 0. The quantitative estimate of drug-likeness (QED) is 0.537. The van der Waals surface area contributed by atoms with Crippen molar-refractivity contribution in [2.45, 2.75) is 25.1 Å². The van der Waals surface area contributed by atoms with E-state index in [4.69, 9.17) is 0 Å². The molecule has 2 nitrogen and oxygen atoms in total. The number of amides is 1. The molecule has 0 N–H and O–H groups in total. The summed E-state index contributed by atoms with van der Waals surface area (Å²) in [6.45, 7) is 0.230. The topological polar surface area (TPSA) is 20.3 Å². The van der Waals surface area contributed by atoms with E-state index in [9.17, 15) is 18.0 Å². The zero-order valence-electron chi connectivity index (χ0n) is 5.77. The predicted octanol–water partition coefficient (Wildman–Crippen LogP) is 1.17. The molecule has 0 aliphatic carbocycles. The second-order valence-corrected chi connectivity index (χ2v) is 2.54. The maximum absolute atomic E-state index is 12.0. The van der Waals surface area contributed by atoms with Gasteiger partial charge in [-0.3, -0.25) is 4.79 Å². The summed E-state index contributed by atoms with van der Waals surface area (Å²) in [5, 5.41) is 0. The lowest BCUT2D eigenvalue weighted by Gasteiger charge is -2.22. The van der Waals surface area contributed by atoms with Crippen LogP contribution in [0.5, 0.6) is 0 Å². The zero-order chi connectivity index (χ0) is 8.48. The Morgan fingerprint density at radius 3 is 2.45 bits per heavy atom. The number of carbonyl (C=O) groups excluding carboxylic acids is 1. The van der Waals surface area contributed by atoms with Gasteiger partial charge in [-0.25, -0.2) is 0 Å². The molecule has 11 heavy (non-hydrogen) atoms. The number of hydrogen-bond acceptors (Lipinski definition) is 1. The van der Waals surface area contributed by atoms with Crippen molar-refractivity contribution in [1.82, 2.24) is 4.90 Å². The highest BCUT2D eigenvalue weighted by atomic mass is 19.4. The fraction of sp³-hybridized carbons (Fsp3) is 0.833. The molecule has 0 unspecified atom stereocenters. The van der Waals surface area contributed by atoms with Gasteiger partial charge in [-0.05, 0) is 12.8 Å². The van der Waals surface area contributed by atoms with Crippen molar-refractivity contribution in [1.29, 1.82) is 0 Å². The minimum absolute atomic E-state index is 0.0439. The van der Waals surface area contributed by atoms with Gasteiger partial charge in [0.15, 0.2) is 0 Å². The van der Waals surface area contributed by atoms with Crippen molar-refractivity contribution in [3.63, 3.8) is 0 Å². The Morgan fingerprint density at radius 2 is 2.09 bits per heavy atom. The van der Waals surface area contributed by atoms with Gasteiger partial charge in [-0.1, -0.05) is 0 Å². The molecule has 0 aromatic heterocycles. The highest BCUT2D eigenvalue weighted by Crippen LogP contribution is 2.31. The first-order chi connectivity index (χ1) is 5.05. The van der Waals surface area contributed by atoms with E-state index in [0.717, 1.165) is 4.90 Å². The molecule has 1 atom stereocenters. The van der Waals surface area contributed by atoms with Crippen molar-refractivity contribution in [3.05, 3.63) is 0 Å². The average Bonchev–Trinajstić information content (AvgIpc) is 2.31. The number of likely N-dealkylation sites (tertiary alicyclic amines) is 1. The van der Waals surface area contributed by atoms with Gasteiger partial charge in [0.1, 0.15) is 6.04 Å². The Morgan fingerprint density at radius 1 is 1.45 bits per heavy atom. The summed E-state index contributed by atoms with van der Waals surface area (Å²) >= 11 is 0. The third kappa shape index (κ3) is 1.64. The Labute approximate surface area is 62.0 Å².